The molecule has 1 aromatic rings. The molecule has 0 radical (unpaired) electrons. The molecule has 0 fully saturated rings. The summed E-state index contributed by atoms with van der Waals surface area (Å²) in [6.45, 7) is 4.95. The third kappa shape index (κ3) is 3.15. The van der Waals surface area contributed by atoms with Gasteiger partial charge in [0.15, 0.2) is 0 Å². The van der Waals surface area contributed by atoms with Gasteiger partial charge >= 0.3 is 12.0 Å². The molecule has 0 unspecified atom stereocenters. The number of amides is 2. The molecule has 6 heteroatoms. The Kier molecular flexibility index (Phi) is 4.37. The van der Waals surface area contributed by atoms with Crippen LogP contribution in [0.15, 0.2) is 24.3 Å². The van der Waals surface area contributed by atoms with Crippen LogP contribution in [0.1, 0.15) is 20.8 Å². The number of urea groups is 1. The highest BCUT2D eigenvalue weighted by atomic mass is 16.4. The highest BCUT2D eigenvalue weighted by Gasteiger charge is 2.37. The topological polar surface area (TPSA) is 95.7 Å². The minimum atomic E-state index is -1.29. The van der Waals surface area contributed by atoms with Crippen molar-refractivity contribution in [2.45, 2.75) is 26.3 Å². The molecular weight excluding hydrogens is 246 g/mol. The van der Waals surface area contributed by atoms with Gasteiger partial charge < -0.3 is 21.1 Å². The number of carboxylic acids is 1. The Hall–Kier alpha value is -2.24. The van der Waals surface area contributed by atoms with E-state index in [9.17, 15) is 9.59 Å². The Bertz CT molecular complexity index is 486. The lowest BCUT2D eigenvalue weighted by atomic mass is 10.0. The second kappa shape index (κ2) is 5.60. The molecule has 0 aliphatic carbocycles. The van der Waals surface area contributed by atoms with Crippen molar-refractivity contribution in [3.63, 3.8) is 0 Å². The number of rotatable bonds is 4. The van der Waals surface area contributed by atoms with Crippen LogP contribution in [0.25, 0.3) is 0 Å². The van der Waals surface area contributed by atoms with E-state index in [4.69, 9.17) is 10.8 Å². The molecular formula is C13H19N3O3. The quantitative estimate of drug-likeness (QED) is 0.725. The van der Waals surface area contributed by atoms with Crippen LogP contribution >= 0.6 is 0 Å². The van der Waals surface area contributed by atoms with E-state index >= 15 is 0 Å². The number of nitrogens with zero attached hydrogens (tertiary/aromatic N) is 1. The van der Waals surface area contributed by atoms with Crippen molar-refractivity contribution in [3.8, 4) is 0 Å². The van der Waals surface area contributed by atoms with Gasteiger partial charge in [-0.3, -0.25) is 0 Å². The van der Waals surface area contributed by atoms with Gasteiger partial charge in [0.1, 0.15) is 5.54 Å². The second-order valence-corrected chi connectivity index (χ2v) is 4.63. The molecule has 104 valence electrons. The Balaban J connectivity index is 2.93. The summed E-state index contributed by atoms with van der Waals surface area (Å²) in [5.41, 5.74) is 5.34. The predicted octanol–water partition coefficient (Wildman–Crippen LogP) is 1.99. The first kappa shape index (κ1) is 14.8. The molecule has 2 amide bonds. The highest BCUT2D eigenvalue weighted by molar-refractivity contribution is 5.95. The van der Waals surface area contributed by atoms with Gasteiger partial charge in [-0.1, -0.05) is 12.1 Å². The SMILES string of the molecule is CCN(C(=O)Nc1ccccc1N)C(C)(C)C(=O)O. The third-order valence-electron chi connectivity index (χ3n) is 2.96. The van der Waals surface area contributed by atoms with Gasteiger partial charge in [0.2, 0.25) is 0 Å². The Labute approximate surface area is 112 Å². The molecule has 0 aliphatic rings. The number of aliphatic carboxylic acids is 1. The molecule has 0 atom stereocenters. The van der Waals surface area contributed by atoms with Crippen molar-refractivity contribution in [2.24, 2.45) is 0 Å². The zero-order valence-electron chi connectivity index (χ0n) is 11.3. The molecule has 6 nitrogen and oxygen atoms in total. The van der Waals surface area contributed by atoms with Gasteiger partial charge in [-0.25, -0.2) is 9.59 Å². The van der Waals surface area contributed by atoms with Gasteiger partial charge in [-0.05, 0) is 32.9 Å². The summed E-state index contributed by atoms with van der Waals surface area (Å²) in [4.78, 5) is 24.6. The monoisotopic (exact) mass is 265 g/mol. The summed E-state index contributed by atoms with van der Waals surface area (Å²) in [6, 6.07) is 6.32. The molecule has 1 rings (SSSR count). The van der Waals surface area contributed by atoms with Crippen LogP contribution in [0.4, 0.5) is 16.2 Å². The average molecular weight is 265 g/mol. The molecule has 0 bridgehead atoms. The lowest BCUT2D eigenvalue weighted by Gasteiger charge is -2.34. The van der Waals surface area contributed by atoms with Crippen molar-refractivity contribution >= 4 is 23.4 Å². The standard InChI is InChI=1S/C13H19N3O3/c1-4-16(13(2,3)11(17)18)12(19)15-10-8-6-5-7-9(10)14/h5-8H,4,14H2,1-3H3,(H,15,19)(H,17,18). The number of hydrogen-bond acceptors (Lipinski definition) is 3. The fourth-order valence-corrected chi connectivity index (χ4v) is 1.70. The van der Waals surface area contributed by atoms with Crippen molar-refractivity contribution in [1.82, 2.24) is 4.90 Å². The molecule has 1 aromatic carbocycles. The molecule has 4 N–H and O–H groups in total. The first-order valence-corrected chi connectivity index (χ1v) is 5.97. The first-order chi connectivity index (χ1) is 8.80. The number of hydrogen-bond donors (Lipinski definition) is 3. The lowest BCUT2D eigenvalue weighted by molar-refractivity contribution is -0.147. The maximum atomic E-state index is 12.1. The fourth-order valence-electron chi connectivity index (χ4n) is 1.70. The lowest BCUT2D eigenvalue weighted by Crippen LogP contribution is -2.54. The summed E-state index contributed by atoms with van der Waals surface area (Å²) in [7, 11) is 0. The van der Waals surface area contributed by atoms with Crippen LogP contribution < -0.4 is 11.1 Å². The van der Waals surface area contributed by atoms with Crippen molar-refractivity contribution in [3.05, 3.63) is 24.3 Å². The Morgan fingerprint density at radius 2 is 1.95 bits per heavy atom. The van der Waals surface area contributed by atoms with E-state index in [0.29, 0.717) is 11.4 Å². The number of nitrogen functional groups attached to an aromatic ring is 1. The Morgan fingerprint density at radius 1 is 1.37 bits per heavy atom. The molecule has 19 heavy (non-hydrogen) atoms. The normalized spacial score (nSPS) is 10.9. The molecule has 0 aromatic heterocycles. The summed E-state index contributed by atoms with van der Waals surface area (Å²) < 4.78 is 0. The van der Waals surface area contributed by atoms with Crippen LogP contribution in [-0.4, -0.2) is 34.1 Å². The van der Waals surface area contributed by atoms with Gasteiger partial charge in [-0.15, -0.1) is 0 Å². The number of carbonyl (C=O) groups excluding carboxylic acids is 1. The van der Waals surface area contributed by atoms with E-state index in [0.717, 1.165) is 0 Å². The maximum Gasteiger partial charge on any atom is 0.329 e. The number of para-hydroxylation sites is 2. The smallest absolute Gasteiger partial charge is 0.329 e. The van der Waals surface area contributed by atoms with E-state index in [2.05, 4.69) is 5.32 Å². The first-order valence-electron chi connectivity index (χ1n) is 5.97. The summed E-state index contributed by atoms with van der Waals surface area (Å²) in [5.74, 6) is -1.06. The van der Waals surface area contributed by atoms with E-state index in [-0.39, 0.29) is 6.54 Å². The van der Waals surface area contributed by atoms with Crippen LogP contribution in [-0.2, 0) is 4.79 Å². The van der Waals surface area contributed by atoms with Crippen molar-refractivity contribution in [2.75, 3.05) is 17.6 Å². The molecule has 0 saturated heterocycles. The summed E-state index contributed by atoms with van der Waals surface area (Å²) in [6.07, 6.45) is 0. The minimum absolute atomic E-state index is 0.276. The Morgan fingerprint density at radius 3 is 2.42 bits per heavy atom. The number of carbonyl (C=O) groups is 2. The number of benzene rings is 1. The van der Waals surface area contributed by atoms with E-state index in [1.165, 1.54) is 18.7 Å². The maximum absolute atomic E-state index is 12.1. The molecule has 0 aliphatic heterocycles. The van der Waals surface area contributed by atoms with Crippen LogP contribution in [0.2, 0.25) is 0 Å². The van der Waals surface area contributed by atoms with Gasteiger partial charge in [-0.2, -0.15) is 0 Å². The van der Waals surface area contributed by atoms with Gasteiger partial charge in [0, 0.05) is 6.54 Å². The van der Waals surface area contributed by atoms with Crippen molar-refractivity contribution in [1.29, 1.82) is 0 Å². The predicted molar refractivity (Wildman–Crippen MR) is 74.0 cm³/mol. The van der Waals surface area contributed by atoms with E-state index in [1.54, 1.807) is 31.2 Å². The second-order valence-electron chi connectivity index (χ2n) is 4.63. The van der Waals surface area contributed by atoms with Crippen LogP contribution in [0, 0.1) is 0 Å². The van der Waals surface area contributed by atoms with E-state index in [1.807, 2.05) is 0 Å². The van der Waals surface area contributed by atoms with Gasteiger partial charge in [0.05, 0.1) is 11.4 Å². The summed E-state index contributed by atoms with van der Waals surface area (Å²) >= 11 is 0. The largest absolute Gasteiger partial charge is 0.480 e. The number of nitrogens with two attached hydrogens (primary N) is 1. The third-order valence-corrected chi connectivity index (χ3v) is 2.96. The highest BCUT2D eigenvalue weighted by Crippen LogP contribution is 2.20. The average Bonchev–Trinajstić information content (AvgIpc) is 2.32. The number of nitrogens with one attached hydrogen (secondary N) is 1. The molecule has 0 saturated carbocycles. The zero-order chi connectivity index (χ0) is 14.6. The molecule has 0 spiro atoms. The van der Waals surface area contributed by atoms with E-state index < -0.39 is 17.5 Å². The number of carboxylic acid groups (broad SMARTS) is 1. The summed E-state index contributed by atoms with van der Waals surface area (Å²) in [5, 5.41) is 11.8. The fraction of sp³-hybridized carbons (Fsp3) is 0.385. The number of likely N-dealkylation sites (N-methyl/N-ethyl adjacent to an activating group) is 1. The van der Waals surface area contributed by atoms with Crippen LogP contribution in [0.5, 0.6) is 0 Å². The van der Waals surface area contributed by atoms with Crippen molar-refractivity contribution < 1.29 is 14.7 Å². The number of anilines is 2. The zero-order valence-corrected chi connectivity index (χ0v) is 11.3. The minimum Gasteiger partial charge on any atom is -0.480 e. The van der Waals surface area contributed by atoms with Crippen LogP contribution in [0.3, 0.4) is 0 Å². The van der Waals surface area contributed by atoms with Gasteiger partial charge in [0.25, 0.3) is 0 Å². The molecule has 0 heterocycles.